The zero-order valence-corrected chi connectivity index (χ0v) is 16.2. The van der Waals surface area contributed by atoms with Crippen LogP contribution in [0.5, 0.6) is 5.75 Å². The van der Waals surface area contributed by atoms with Crippen molar-refractivity contribution in [2.75, 3.05) is 5.73 Å². The number of H-pyrrole nitrogens is 1. The Balaban J connectivity index is 2.29. The van der Waals surface area contributed by atoms with E-state index >= 15 is 0 Å². The Bertz CT molecular complexity index is 1160. The number of nitrogens with two attached hydrogens (primary N) is 1. The number of nitrogens with one attached hydrogen (secondary N) is 1. The number of hydrogen-bond donors (Lipinski definition) is 4. The predicted molar refractivity (Wildman–Crippen MR) is 108 cm³/mol. The van der Waals surface area contributed by atoms with Crippen molar-refractivity contribution < 1.29 is 24.5 Å². The summed E-state index contributed by atoms with van der Waals surface area (Å²) in [6, 6.07) is 4.70. The van der Waals surface area contributed by atoms with Gasteiger partial charge in [0.2, 0.25) is 0 Å². The molecule has 2 aromatic heterocycles. The first-order valence-electron chi connectivity index (χ1n) is 8.97. The van der Waals surface area contributed by atoms with Crippen LogP contribution in [0.15, 0.2) is 41.7 Å². The van der Waals surface area contributed by atoms with Crippen molar-refractivity contribution in [3.63, 3.8) is 0 Å². The van der Waals surface area contributed by atoms with Gasteiger partial charge in [0.1, 0.15) is 22.7 Å². The van der Waals surface area contributed by atoms with Crippen molar-refractivity contribution >= 4 is 17.8 Å². The van der Waals surface area contributed by atoms with Gasteiger partial charge in [0.15, 0.2) is 0 Å². The van der Waals surface area contributed by atoms with Crippen molar-refractivity contribution in [1.82, 2.24) is 14.5 Å². The highest BCUT2D eigenvalue weighted by molar-refractivity contribution is 6.07. The van der Waals surface area contributed by atoms with E-state index in [-0.39, 0.29) is 17.2 Å². The third-order valence-electron chi connectivity index (χ3n) is 4.30. The first-order valence-corrected chi connectivity index (χ1v) is 8.97. The molecule has 3 rings (SSSR count). The highest BCUT2D eigenvalue weighted by Gasteiger charge is 2.27. The van der Waals surface area contributed by atoms with Crippen LogP contribution in [0, 0.1) is 0 Å². The van der Waals surface area contributed by atoms with Crippen LogP contribution in [-0.2, 0) is 6.54 Å². The summed E-state index contributed by atoms with van der Waals surface area (Å²) in [5.74, 6) is -2.91. The minimum Gasteiger partial charge on any atom is -0.491 e. The number of carboxylic acids is 2. The Morgan fingerprint density at radius 3 is 2.50 bits per heavy atom. The van der Waals surface area contributed by atoms with E-state index in [2.05, 4.69) is 9.97 Å². The minimum atomic E-state index is -1.56. The second-order valence-electron chi connectivity index (χ2n) is 6.83. The lowest BCUT2D eigenvalue weighted by Crippen LogP contribution is -2.24. The summed E-state index contributed by atoms with van der Waals surface area (Å²) in [7, 11) is 0. The zero-order valence-electron chi connectivity index (χ0n) is 16.2. The van der Waals surface area contributed by atoms with Gasteiger partial charge in [-0.25, -0.2) is 14.6 Å². The number of aromatic amines is 1. The second-order valence-corrected chi connectivity index (χ2v) is 6.83. The molecule has 0 saturated heterocycles. The molecule has 0 atom stereocenters. The van der Waals surface area contributed by atoms with E-state index in [1.165, 1.54) is 6.07 Å². The molecular formula is C20H20N4O6. The summed E-state index contributed by atoms with van der Waals surface area (Å²) in [4.78, 5) is 41.9. The molecule has 1 aromatic carbocycles. The molecule has 3 aromatic rings. The number of benzene rings is 1. The zero-order chi connectivity index (χ0) is 22.0. The summed E-state index contributed by atoms with van der Waals surface area (Å²) < 4.78 is 7.60. The molecule has 0 amide bonds. The monoisotopic (exact) mass is 412 g/mol. The van der Waals surface area contributed by atoms with Crippen LogP contribution in [0.25, 0.3) is 11.1 Å². The minimum absolute atomic E-state index is 0.128. The summed E-state index contributed by atoms with van der Waals surface area (Å²) >= 11 is 0. The maximum absolute atomic E-state index is 12.3. The third-order valence-corrected chi connectivity index (χ3v) is 4.30. The molecule has 0 unspecified atom stereocenters. The number of aromatic carboxylic acids is 2. The number of ether oxygens (including phenoxy) is 1. The van der Waals surface area contributed by atoms with E-state index in [1.807, 2.05) is 13.8 Å². The van der Waals surface area contributed by atoms with Crippen LogP contribution >= 0.6 is 0 Å². The topological polar surface area (TPSA) is 161 Å². The predicted octanol–water partition coefficient (Wildman–Crippen LogP) is 2.05. The Morgan fingerprint density at radius 2 is 1.93 bits per heavy atom. The van der Waals surface area contributed by atoms with E-state index in [9.17, 15) is 24.6 Å². The fraction of sp³-hybridized carbons (Fsp3) is 0.200. The molecule has 30 heavy (non-hydrogen) atoms. The fourth-order valence-electron chi connectivity index (χ4n) is 3.14. The average Bonchev–Trinajstić information content (AvgIpc) is 3.14. The quantitative estimate of drug-likeness (QED) is 0.458. The molecule has 10 nitrogen and oxygen atoms in total. The van der Waals surface area contributed by atoms with Gasteiger partial charge in [-0.05, 0) is 31.5 Å². The maximum atomic E-state index is 12.3. The molecule has 156 valence electrons. The van der Waals surface area contributed by atoms with Crippen LogP contribution in [-0.4, -0.2) is 42.8 Å². The van der Waals surface area contributed by atoms with Crippen molar-refractivity contribution in [2.45, 2.75) is 26.5 Å². The van der Waals surface area contributed by atoms with Gasteiger partial charge >= 0.3 is 11.9 Å². The standard InChI is InChI=1S/C20H20N4O6/c1-10(2)30-13-4-3-11(7-12(13)8-24-6-5-22-9-24)14-15(19(26)27)17(21)23-18(25)16(14)20(28)29/h3-7,9-10H,8H2,1-2H3,(H,26,27)(H,28,29)(H3,21,23,25). The summed E-state index contributed by atoms with van der Waals surface area (Å²) in [5.41, 5.74) is 4.13. The largest absolute Gasteiger partial charge is 0.491 e. The molecule has 2 heterocycles. The van der Waals surface area contributed by atoms with E-state index in [0.29, 0.717) is 17.9 Å². The lowest BCUT2D eigenvalue weighted by Gasteiger charge is -2.18. The average molecular weight is 412 g/mol. The highest BCUT2D eigenvalue weighted by atomic mass is 16.5. The number of anilines is 1. The SMILES string of the molecule is CC(C)Oc1ccc(-c2c(C(=O)O)c(N)[nH]c(=O)c2C(=O)O)cc1Cn1ccnc1. The number of rotatable bonds is 7. The van der Waals surface area contributed by atoms with Crippen molar-refractivity contribution in [1.29, 1.82) is 0 Å². The van der Waals surface area contributed by atoms with Gasteiger partial charge in [0.05, 0.1) is 19.0 Å². The van der Waals surface area contributed by atoms with Crippen LogP contribution in [0.3, 0.4) is 0 Å². The Morgan fingerprint density at radius 1 is 1.23 bits per heavy atom. The number of imidazole rings is 1. The number of carboxylic acid groups (broad SMARTS) is 2. The van der Waals surface area contributed by atoms with E-state index < -0.39 is 34.4 Å². The molecule has 0 bridgehead atoms. The van der Waals surface area contributed by atoms with Crippen LogP contribution in [0.1, 0.15) is 40.1 Å². The Labute approximate surface area is 170 Å². The smallest absolute Gasteiger partial charge is 0.342 e. The molecule has 0 fully saturated rings. The molecule has 0 spiro atoms. The van der Waals surface area contributed by atoms with Gasteiger partial charge in [-0.3, -0.25) is 4.79 Å². The molecule has 0 aliphatic rings. The Hall–Kier alpha value is -4.08. The van der Waals surface area contributed by atoms with Crippen LogP contribution in [0.4, 0.5) is 5.82 Å². The van der Waals surface area contributed by atoms with Gasteiger partial charge in [-0.1, -0.05) is 6.07 Å². The first kappa shape index (κ1) is 20.6. The number of aromatic nitrogens is 3. The molecule has 0 aliphatic carbocycles. The second kappa shape index (κ2) is 8.11. The lowest BCUT2D eigenvalue weighted by molar-refractivity contribution is 0.0695. The van der Waals surface area contributed by atoms with E-state index in [4.69, 9.17) is 10.5 Å². The third kappa shape index (κ3) is 4.02. The Kier molecular flexibility index (Phi) is 5.58. The maximum Gasteiger partial charge on any atom is 0.342 e. The first-order chi connectivity index (χ1) is 14.2. The summed E-state index contributed by atoms with van der Waals surface area (Å²) in [6.45, 7) is 4.05. The molecular weight excluding hydrogens is 392 g/mol. The molecule has 0 aliphatic heterocycles. The number of hydrogen-bond acceptors (Lipinski definition) is 6. The fourth-order valence-corrected chi connectivity index (χ4v) is 3.14. The van der Waals surface area contributed by atoms with Crippen molar-refractivity contribution in [2.24, 2.45) is 0 Å². The molecule has 0 saturated carbocycles. The summed E-state index contributed by atoms with van der Waals surface area (Å²) in [5, 5.41) is 19.2. The van der Waals surface area contributed by atoms with Gasteiger partial charge in [-0.15, -0.1) is 0 Å². The van der Waals surface area contributed by atoms with Gasteiger partial charge in [0.25, 0.3) is 5.56 Å². The van der Waals surface area contributed by atoms with Gasteiger partial charge in [0, 0.05) is 23.5 Å². The lowest BCUT2D eigenvalue weighted by atomic mass is 9.94. The highest BCUT2D eigenvalue weighted by Crippen LogP contribution is 2.33. The molecule has 0 radical (unpaired) electrons. The summed E-state index contributed by atoms with van der Waals surface area (Å²) in [6.07, 6.45) is 4.82. The van der Waals surface area contributed by atoms with Crippen molar-refractivity contribution in [3.05, 3.63) is 64.0 Å². The van der Waals surface area contributed by atoms with Crippen LogP contribution < -0.4 is 16.0 Å². The van der Waals surface area contributed by atoms with E-state index in [1.54, 1.807) is 35.4 Å². The number of pyridine rings is 1. The number of nitrogen functional groups attached to an aromatic ring is 1. The molecule has 10 heteroatoms. The molecule has 5 N–H and O–H groups in total. The van der Waals surface area contributed by atoms with E-state index in [0.717, 1.165) is 0 Å². The van der Waals surface area contributed by atoms with Crippen LogP contribution in [0.2, 0.25) is 0 Å². The number of carbonyl (C=O) groups is 2. The number of nitrogens with zero attached hydrogens (tertiary/aromatic N) is 2. The van der Waals surface area contributed by atoms with Gasteiger partial charge < -0.3 is 30.2 Å². The van der Waals surface area contributed by atoms with Crippen molar-refractivity contribution in [3.8, 4) is 16.9 Å². The normalized spacial score (nSPS) is 10.9. The van der Waals surface area contributed by atoms with Gasteiger partial charge in [-0.2, -0.15) is 0 Å².